The molecule has 1 aliphatic carbocycles. The zero-order valence-electron chi connectivity index (χ0n) is 12.5. The number of nitrogens with two attached hydrogens (primary N) is 1. The molecule has 1 aromatic heterocycles. The minimum Gasteiger partial charge on any atom is -0.489 e. The van der Waals surface area contributed by atoms with E-state index in [1.165, 1.54) is 4.57 Å². The smallest absolute Gasteiger partial charge is 0.341 e. The molecular formula is C16H14F2N2O4. The topological polar surface area (TPSA) is 94.5 Å². The number of alkyl halides is 1. The first-order chi connectivity index (χ1) is 11.4. The Balaban J connectivity index is 2.17. The van der Waals surface area contributed by atoms with Gasteiger partial charge in [-0.05, 0) is 18.9 Å². The highest BCUT2D eigenvalue weighted by Crippen LogP contribution is 2.50. The standard InChI is InChI=1S/C16H14F2N2O4/c17-4-7-6-24-14-11(16(19)1-2-16)10(18)3-8-12(14)20(7)5-9(13(8)21)15(22)23/h3,5,7H,1-2,4,6,19H2,(H,22,23). The molecule has 3 N–H and O–H groups in total. The molecule has 1 unspecified atom stereocenters. The van der Waals surface area contributed by atoms with E-state index in [-0.39, 0.29) is 28.8 Å². The molecule has 0 spiro atoms. The van der Waals surface area contributed by atoms with Crippen LogP contribution in [0.5, 0.6) is 5.75 Å². The van der Waals surface area contributed by atoms with Crippen molar-refractivity contribution in [1.29, 1.82) is 0 Å². The lowest BCUT2D eigenvalue weighted by molar-refractivity contribution is 0.0694. The predicted octanol–water partition coefficient (Wildman–Crippen LogP) is 1.69. The zero-order chi connectivity index (χ0) is 17.2. The van der Waals surface area contributed by atoms with Gasteiger partial charge in [0.05, 0.1) is 22.5 Å². The number of ether oxygens (including phenoxy) is 1. The van der Waals surface area contributed by atoms with E-state index >= 15 is 0 Å². The number of benzene rings is 1. The molecule has 0 amide bonds. The fourth-order valence-electron chi connectivity index (χ4n) is 3.26. The Hall–Kier alpha value is -2.48. The molecule has 2 aromatic rings. The third-order valence-corrected chi connectivity index (χ3v) is 4.73. The molecule has 126 valence electrons. The normalized spacial score (nSPS) is 20.7. The Bertz CT molecular complexity index is 949. The van der Waals surface area contributed by atoms with E-state index in [1.807, 2.05) is 0 Å². The van der Waals surface area contributed by atoms with Gasteiger partial charge >= 0.3 is 5.97 Å². The van der Waals surface area contributed by atoms with Crippen LogP contribution in [0.25, 0.3) is 10.9 Å². The number of carboxylic acid groups (broad SMARTS) is 1. The third kappa shape index (κ3) is 1.89. The Morgan fingerprint density at radius 1 is 1.50 bits per heavy atom. The molecular weight excluding hydrogens is 322 g/mol. The molecule has 1 saturated carbocycles. The number of carboxylic acids is 1. The first-order valence-electron chi connectivity index (χ1n) is 7.50. The SMILES string of the molecule is NC1(c2c(F)cc3c(=O)c(C(=O)O)cn4c3c2OCC4CF)CC1. The van der Waals surface area contributed by atoms with Crippen molar-refractivity contribution in [3.05, 3.63) is 39.4 Å². The molecule has 1 fully saturated rings. The lowest BCUT2D eigenvalue weighted by Gasteiger charge is -2.30. The molecule has 1 aliphatic heterocycles. The highest BCUT2D eigenvalue weighted by atomic mass is 19.1. The summed E-state index contributed by atoms with van der Waals surface area (Å²) in [5.74, 6) is -2.04. The van der Waals surface area contributed by atoms with Crippen LogP contribution in [0.4, 0.5) is 8.78 Å². The van der Waals surface area contributed by atoms with Crippen LogP contribution in [-0.4, -0.2) is 28.9 Å². The molecule has 0 bridgehead atoms. The number of hydrogen-bond donors (Lipinski definition) is 2. The summed E-state index contributed by atoms with van der Waals surface area (Å²) in [4.78, 5) is 23.7. The van der Waals surface area contributed by atoms with Gasteiger partial charge in [-0.15, -0.1) is 0 Å². The Labute approximate surface area is 134 Å². The van der Waals surface area contributed by atoms with Crippen LogP contribution < -0.4 is 15.9 Å². The van der Waals surface area contributed by atoms with Crippen LogP contribution in [0.3, 0.4) is 0 Å². The van der Waals surface area contributed by atoms with Gasteiger partial charge in [0, 0.05) is 11.7 Å². The van der Waals surface area contributed by atoms with Gasteiger partial charge in [-0.1, -0.05) is 0 Å². The molecule has 24 heavy (non-hydrogen) atoms. The van der Waals surface area contributed by atoms with Crippen LogP contribution >= 0.6 is 0 Å². The van der Waals surface area contributed by atoms with Crippen molar-refractivity contribution in [2.45, 2.75) is 24.4 Å². The molecule has 6 nitrogen and oxygen atoms in total. The number of nitrogens with zero attached hydrogens (tertiary/aromatic N) is 1. The van der Waals surface area contributed by atoms with Crippen molar-refractivity contribution in [3.63, 3.8) is 0 Å². The number of aromatic carboxylic acids is 1. The largest absolute Gasteiger partial charge is 0.489 e. The maximum absolute atomic E-state index is 14.6. The zero-order valence-corrected chi connectivity index (χ0v) is 12.5. The van der Waals surface area contributed by atoms with Crippen molar-refractivity contribution in [2.24, 2.45) is 5.73 Å². The second-order valence-corrected chi connectivity index (χ2v) is 6.32. The summed E-state index contributed by atoms with van der Waals surface area (Å²) in [6, 6.07) is 0.195. The van der Waals surface area contributed by atoms with Crippen molar-refractivity contribution in [2.75, 3.05) is 13.3 Å². The summed E-state index contributed by atoms with van der Waals surface area (Å²) in [7, 11) is 0. The van der Waals surface area contributed by atoms with Gasteiger partial charge in [0.25, 0.3) is 0 Å². The minimum atomic E-state index is -1.45. The van der Waals surface area contributed by atoms with Crippen molar-refractivity contribution in [1.82, 2.24) is 4.57 Å². The Morgan fingerprint density at radius 2 is 2.21 bits per heavy atom. The summed E-state index contributed by atoms with van der Waals surface area (Å²) in [5, 5.41) is 9.06. The molecule has 0 saturated heterocycles. The van der Waals surface area contributed by atoms with Crippen molar-refractivity contribution in [3.8, 4) is 5.75 Å². The highest BCUT2D eigenvalue weighted by molar-refractivity contribution is 5.95. The average Bonchev–Trinajstić information content (AvgIpc) is 3.27. The van der Waals surface area contributed by atoms with Crippen LogP contribution in [-0.2, 0) is 5.54 Å². The summed E-state index contributed by atoms with van der Waals surface area (Å²) >= 11 is 0. The van der Waals surface area contributed by atoms with E-state index in [9.17, 15) is 23.5 Å². The van der Waals surface area contributed by atoms with E-state index in [0.717, 1.165) is 12.3 Å². The minimum absolute atomic E-state index is 0.0902. The fourth-order valence-corrected chi connectivity index (χ4v) is 3.26. The summed E-state index contributed by atoms with van der Waals surface area (Å²) < 4.78 is 34.9. The third-order valence-electron chi connectivity index (χ3n) is 4.73. The summed E-state index contributed by atoms with van der Waals surface area (Å²) in [6.45, 7) is -0.899. The van der Waals surface area contributed by atoms with Gasteiger partial charge < -0.3 is 20.1 Å². The maximum Gasteiger partial charge on any atom is 0.341 e. The Morgan fingerprint density at radius 3 is 2.79 bits per heavy atom. The van der Waals surface area contributed by atoms with E-state index in [0.29, 0.717) is 12.8 Å². The number of aromatic nitrogens is 1. The average molecular weight is 336 g/mol. The Kier molecular flexibility index (Phi) is 2.99. The number of rotatable bonds is 3. The molecule has 2 heterocycles. The molecule has 4 rings (SSSR count). The monoisotopic (exact) mass is 336 g/mol. The van der Waals surface area contributed by atoms with Gasteiger partial charge in [0.1, 0.15) is 24.7 Å². The van der Waals surface area contributed by atoms with Crippen LogP contribution in [0.2, 0.25) is 0 Å². The summed E-state index contributed by atoms with van der Waals surface area (Å²) in [5.41, 5.74) is 4.27. The second-order valence-electron chi connectivity index (χ2n) is 6.32. The van der Waals surface area contributed by atoms with Gasteiger partial charge in [-0.2, -0.15) is 0 Å². The quantitative estimate of drug-likeness (QED) is 0.889. The predicted molar refractivity (Wildman–Crippen MR) is 80.7 cm³/mol. The lowest BCUT2D eigenvalue weighted by atomic mass is 9.98. The number of pyridine rings is 1. The van der Waals surface area contributed by atoms with E-state index in [4.69, 9.17) is 10.5 Å². The number of carbonyl (C=O) groups is 1. The maximum atomic E-state index is 14.6. The second kappa shape index (κ2) is 4.76. The number of halogens is 2. The van der Waals surface area contributed by atoms with Crippen molar-refractivity contribution < 1.29 is 23.4 Å². The van der Waals surface area contributed by atoms with Crippen LogP contribution in [0.1, 0.15) is 34.8 Å². The molecule has 8 heteroatoms. The first-order valence-corrected chi connectivity index (χ1v) is 7.50. The van der Waals surface area contributed by atoms with Crippen molar-refractivity contribution >= 4 is 16.9 Å². The van der Waals surface area contributed by atoms with Crippen LogP contribution in [0, 0.1) is 5.82 Å². The van der Waals surface area contributed by atoms with Crippen LogP contribution in [0.15, 0.2) is 17.1 Å². The van der Waals surface area contributed by atoms with Gasteiger partial charge in [0.15, 0.2) is 5.75 Å². The lowest BCUT2D eigenvalue weighted by Crippen LogP contribution is -2.31. The first kappa shape index (κ1) is 15.1. The fraction of sp³-hybridized carbons (Fsp3) is 0.375. The highest BCUT2D eigenvalue weighted by Gasteiger charge is 2.46. The molecule has 1 aromatic carbocycles. The summed E-state index contributed by atoms with van der Waals surface area (Å²) in [6.07, 6.45) is 2.26. The molecule has 1 atom stereocenters. The molecule has 0 radical (unpaired) electrons. The van der Waals surface area contributed by atoms with Gasteiger partial charge in [0.2, 0.25) is 5.43 Å². The van der Waals surface area contributed by atoms with Gasteiger partial charge in [-0.3, -0.25) is 4.79 Å². The molecule has 2 aliphatic rings. The van der Waals surface area contributed by atoms with E-state index < -0.39 is 41.0 Å². The van der Waals surface area contributed by atoms with E-state index in [2.05, 4.69) is 0 Å². The van der Waals surface area contributed by atoms with Gasteiger partial charge in [-0.25, -0.2) is 13.6 Å². The number of hydrogen-bond acceptors (Lipinski definition) is 4. The van der Waals surface area contributed by atoms with E-state index in [1.54, 1.807) is 0 Å².